The van der Waals surface area contributed by atoms with Crippen molar-refractivity contribution in [2.45, 2.75) is 46.0 Å². The van der Waals surface area contributed by atoms with Crippen molar-refractivity contribution in [1.82, 2.24) is 5.32 Å². The van der Waals surface area contributed by atoms with Gasteiger partial charge in [-0.1, -0.05) is 26.7 Å². The normalized spacial score (nSPS) is 14.3. The van der Waals surface area contributed by atoms with Crippen LogP contribution in [0.1, 0.15) is 45.1 Å². The molecule has 0 fully saturated rings. The number of unbranched alkanes of at least 4 members (excludes halogenated alkanes) is 1. The van der Waals surface area contributed by atoms with Gasteiger partial charge in [-0.15, -0.1) is 0 Å². The average molecular weight is 348 g/mol. The van der Waals surface area contributed by atoms with Gasteiger partial charge in [-0.2, -0.15) is 0 Å². The van der Waals surface area contributed by atoms with Gasteiger partial charge in [-0.3, -0.25) is 0 Å². The van der Waals surface area contributed by atoms with E-state index in [-0.39, 0.29) is 11.0 Å². The van der Waals surface area contributed by atoms with Crippen LogP contribution in [0.2, 0.25) is 0 Å². The lowest BCUT2D eigenvalue weighted by atomic mass is 9.75. The zero-order valence-corrected chi connectivity index (χ0v) is 14.1. The summed E-state index contributed by atoms with van der Waals surface area (Å²) >= 11 is 3.14. The molecule has 0 aromatic heterocycles. The molecule has 1 atom stereocenters. The Morgan fingerprint density at radius 1 is 1.25 bits per heavy atom. The summed E-state index contributed by atoms with van der Waals surface area (Å²) in [5.41, 5.74) is 0.111. The predicted molar refractivity (Wildman–Crippen MR) is 83.9 cm³/mol. The van der Waals surface area contributed by atoms with E-state index in [0.717, 1.165) is 32.2 Å². The van der Waals surface area contributed by atoms with Crippen LogP contribution in [0.3, 0.4) is 0 Å². The quantitative estimate of drug-likeness (QED) is 0.647. The second kappa shape index (κ2) is 8.08. The van der Waals surface area contributed by atoms with E-state index in [2.05, 4.69) is 35.1 Å². The van der Waals surface area contributed by atoms with Crippen LogP contribution in [0.4, 0.5) is 8.78 Å². The van der Waals surface area contributed by atoms with Gasteiger partial charge in [-0.25, -0.2) is 8.78 Å². The fourth-order valence-electron chi connectivity index (χ4n) is 2.70. The first-order valence-corrected chi connectivity index (χ1v) is 8.06. The molecule has 0 aliphatic rings. The molecule has 1 aromatic rings. The van der Waals surface area contributed by atoms with Gasteiger partial charge < -0.3 is 5.32 Å². The molecule has 0 aliphatic heterocycles. The molecule has 1 aromatic carbocycles. The van der Waals surface area contributed by atoms with Crippen LogP contribution < -0.4 is 5.32 Å². The first kappa shape index (κ1) is 17.6. The Labute approximate surface area is 129 Å². The minimum atomic E-state index is -0.463. The van der Waals surface area contributed by atoms with Crippen molar-refractivity contribution in [3.05, 3.63) is 33.8 Å². The van der Waals surface area contributed by atoms with E-state index in [1.165, 1.54) is 12.1 Å². The maximum absolute atomic E-state index is 14.2. The maximum Gasteiger partial charge on any atom is 0.143 e. The lowest BCUT2D eigenvalue weighted by Gasteiger charge is -2.33. The minimum absolute atomic E-state index is 0.0900. The van der Waals surface area contributed by atoms with Crippen molar-refractivity contribution in [2.75, 3.05) is 13.6 Å². The third-order valence-corrected chi connectivity index (χ3v) is 4.67. The minimum Gasteiger partial charge on any atom is -0.319 e. The highest BCUT2D eigenvalue weighted by Gasteiger charge is 2.30. The second-order valence-corrected chi connectivity index (χ2v) is 6.34. The van der Waals surface area contributed by atoms with Gasteiger partial charge in [0.15, 0.2) is 0 Å². The van der Waals surface area contributed by atoms with Crippen LogP contribution in [0.25, 0.3) is 0 Å². The highest BCUT2D eigenvalue weighted by Crippen LogP contribution is 2.35. The van der Waals surface area contributed by atoms with Gasteiger partial charge in [0.1, 0.15) is 11.6 Å². The Balaban J connectivity index is 3.08. The summed E-state index contributed by atoms with van der Waals surface area (Å²) in [4.78, 5) is 0. The van der Waals surface area contributed by atoms with Gasteiger partial charge in [0.05, 0.1) is 4.47 Å². The second-order valence-electron chi connectivity index (χ2n) is 5.49. The molecule has 0 radical (unpaired) electrons. The highest BCUT2D eigenvalue weighted by atomic mass is 79.9. The third-order valence-electron chi connectivity index (χ3n) is 4.05. The van der Waals surface area contributed by atoms with Crippen molar-refractivity contribution in [2.24, 2.45) is 5.41 Å². The molecule has 0 heterocycles. The third kappa shape index (κ3) is 4.26. The molecule has 0 bridgehead atoms. The molecule has 1 N–H and O–H groups in total. The maximum atomic E-state index is 14.2. The van der Waals surface area contributed by atoms with E-state index in [4.69, 9.17) is 0 Å². The monoisotopic (exact) mass is 347 g/mol. The van der Waals surface area contributed by atoms with E-state index in [9.17, 15) is 8.78 Å². The van der Waals surface area contributed by atoms with Crippen LogP contribution >= 0.6 is 15.9 Å². The molecule has 0 amide bonds. The Morgan fingerprint density at radius 2 is 1.95 bits per heavy atom. The molecule has 20 heavy (non-hydrogen) atoms. The van der Waals surface area contributed by atoms with Gasteiger partial charge >= 0.3 is 0 Å². The molecular weight excluding hydrogens is 324 g/mol. The highest BCUT2D eigenvalue weighted by molar-refractivity contribution is 9.10. The largest absolute Gasteiger partial charge is 0.319 e. The molecular formula is C16H24BrF2N. The number of nitrogens with one attached hydrogen (secondary N) is 1. The first-order valence-electron chi connectivity index (χ1n) is 7.26. The molecule has 1 nitrogen and oxygen atoms in total. The van der Waals surface area contributed by atoms with Gasteiger partial charge in [0.2, 0.25) is 0 Å². The average Bonchev–Trinajstić information content (AvgIpc) is 2.45. The summed E-state index contributed by atoms with van der Waals surface area (Å²) in [5.74, 6) is -0.911. The van der Waals surface area contributed by atoms with Gasteiger partial charge in [0.25, 0.3) is 0 Å². The SMILES string of the molecule is CCCCC(CC)(CNC)Cc1c(F)ccc(Br)c1F. The first-order chi connectivity index (χ1) is 9.49. The van der Waals surface area contributed by atoms with E-state index in [1.54, 1.807) is 0 Å². The summed E-state index contributed by atoms with van der Waals surface area (Å²) in [7, 11) is 1.89. The molecule has 114 valence electrons. The molecule has 0 saturated carbocycles. The zero-order chi connectivity index (χ0) is 15.2. The van der Waals surface area contributed by atoms with Crippen molar-refractivity contribution in [1.29, 1.82) is 0 Å². The van der Waals surface area contributed by atoms with E-state index >= 15 is 0 Å². The Bertz CT molecular complexity index is 437. The van der Waals surface area contributed by atoms with Crippen LogP contribution in [-0.2, 0) is 6.42 Å². The fourth-order valence-corrected chi connectivity index (χ4v) is 3.07. The molecule has 1 unspecified atom stereocenters. The van der Waals surface area contributed by atoms with E-state index in [1.807, 2.05) is 7.05 Å². The van der Waals surface area contributed by atoms with Crippen LogP contribution in [0, 0.1) is 17.0 Å². The number of hydrogen-bond donors (Lipinski definition) is 1. The number of benzene rings is 1. The standard InChI is InChI=1S/C16H24BrF2N/c1-4-6-9-16(5-2,11-20-3)10-12-14(18)8-7-13(17)15(12)19/h7-8,20H,4-6,9-11H2,1-3H3. The Kier molecular flexibility index (Phi) is 7.10. The Hall–Kier alpha value is -0.480. The molecule has 0 aliphatic carbocycles. The number of hydrogen-bond acceptors (Lipinski definition) is 1. The van der Waals surface area contributed by atoms with Crippen LogP contribution in [-0.4, -0.2) is 13.6 Å². The summed E-state index contributed by atoms with van der Waals surface area (Å²) in [6.07, 6.45) is 4.48. The lowest BCUT2D eigenvalue weighted by Crippen LogP contribution is -2.35. The topological polar surface area (TPSA) is 12.0 Å². The molecule has 0 spiro atoms. The van der Waals surface area contributed by atoms with Crippen molar-refractivity contribution in [3.63, 3.8) is 0 Å². The summed E-state index contributed by atoms with van der Waals surface area (Å²) in [6, 6.07) is 2.76. The van der Waals surface area contributed by atoms with Crippen LogP contribution in [0.5, 0.6) is 0 Å². The van der Waals surface area contributed by atoms with E-state index in [0.29, 0.717) is 10.9 Å². The van der Waals surface area contributed by atoms with Crippen molar-refractivity contribution >= 4 is 15.9 Å². The Morgan fingerprint density at radius 3 is 2.50 bits per heavy atom. The molecule has 0 saturated heterocycles. The number of rotatable bonds is 8. The smallest absolute Gasteiger partial charge is 0.143 e. The molecule has 1 rings (SSSR count). The summed E-state index contributed by atoms with van der Waals surface area (Å²) < 4.78 is 28.5. The van der Waals surface area contributed by atoms with Crippen molar-refractivity contribution < 1.29 is 8.78 Å². The van der Waals surface area contributed by atoms with E-state index < -0.39 is 11.6 Å². The summed E-state index contributed by atoms with van der Waals surface area (Å²) in [6.45, 7) is 5.01. The van der Waals surface area contributed by atoms with Crippen molar-refractivity contribution in [3.8, 4) is 0 Å². The fraction of sp³-hybridized carbons (Fsp3) is 0.625. The van der Waals surface area contributed by atoms with Gasteiger partial charge in [-0.05, 0) is 59.8 Å². The summed E-state index contributed by atoms with van der Waals surface area (Å²) in [5, 5.41) is 3.19. The number of halogens is 3. The lowest BCUT2D eigenvalue weighted by molar-refractivity contribution is 0.229. The predicted octanol–water partition coefficient (Wildman–Crippen LogP) is 5.08. The van der Waals surface area contributed by atoms with Gasteiger partial charge in [0, 0.05) is 12.1 Å². The molecule has 4 heteroatoms. The zero-order valence-electron chi connectivity index (χ0n) is 12.5. The van der Waals surface area contributed by atoms with Crippen LogP contribution in [0.15, 0.2) is 16.6 Å².